The number of fused-ring (bicyclic) bond motifs is 4. The highest BCUT2D eigenvalue weighted by Crippen LogP contribution is 2.57. The van der Waals surface area contributed by atoms with Crippen molar-refractivity contribution in [2.24, 2.45) is 0 Å². The third-order valence-electron chi connectivity index (χ3n) is 10.2. The molecule has 0 aliphatic heterocycles. The molecule has 4 aromatic carbocycles. The normalized spacial score (nSPS) is 13.7. The number of hydrogen-bond acceptors (Lipinski definition) is 3. The first-order chi connectivity index (χ1) is 23.5. The molecule has 8 rings (SSSR count). The van der Waals surface area contributed by atoms with Crippen LogP contribution >= 0.6 is 0 Å². The number of benzene rings is 4. The smallest absolute Gasteiger partial charge is 0.0714 e. The van der Waals surface area contributed by atoms with Gasteiger partial charge in [0.15, 0.2) is 0 Å². The van der Waals surface area contributed by atoms with E-state index in [0.29, 0.717) is 0 Å². The van der Waals surface area contributed by atoms with Gasteiger partial charge < -0.3 is 0 Å². The molecule has 0 N–H and O–H groups in total. The zero-order valence-electron chi connectivity index (χ0n) is 29.1. The van der Waals surface area contributed by atoms with E-state index in [9.17, 15) is 0 Å². The van der Waals surface area contributed by atoms with E-state index in [1.54, 1.807) is 0 Å². The summed E-state index contributed by atoms with van der Waals surface area (Å²) in [5, 5.41) is 1.09. The number of pyridine rings is 3. The van der Waals surface area contributed by atoms with E-state index < -0.39 is 5.41 Å². The Bertz CT molecular complexity index is 2330. The first-order valence-electron chi connectivity index (χ1n) is 17.2. The van der Waals surface area contributed by atoms with Crippen LogP contribution in [0.5, 0.6) is 0 Å². The lowest BCUT2D eigenvalue weighted by molar-refractivity contribution is 0.589. The molecule has 0 atom stereocenters. The summed E-state index contributed by atoms with van der Waals surface area (Å²) in [7, 11) is 0. The molecule has 3 nitrogen and oxygen atoms in total. The van der Waals surface area contributed by atoms with Crippen LogP contribution in [0.3, 0.4) is 0 Å². The molecule has 49 heavy (non-hydrogen) atoms. The summed E-state index contributed by atoms with van der Waals surface area (Å²) in [5.74, 6) is 0. The Hall–Kier alpha value is -5.41. The van der Waals surface area contributed by atoms with Crippen molar-refractivity contribution in [1.82, 2.24) is 15.0 Å². The van der Waals surface area contributed by atoms with Crippen molar-refractivity contribution < 1.29 is 0 Å². The second-order valence-corrected chi connectivity index (χ2v) is 15.4. The molecule has 0 spiro atoms. The van der Waals surface area contributed by atoms with Gasteiger partial charge in [-0.3, -0.25) is 15.0 Å². The van der Waals surface area contributed by atoms with E-state index in [0.717, 1.165) is 33.4 Å². The molecular weight excluding hydrogens is 595 g/mol. The Morgan fingerprint density at radius 2 is 1.06 bits per heavy atom. The second kappa shape index (κ2) is 11.3. The zero-order chi connectivity index (χ0) is 34.0. The molecule has 0 unspecified atom stereocenters. The summed E-state index contributed by atoms with van der Waals surface area (Å²) >= 11 is 0. The van der Waals surface area contributed by atoms with Gasteiger partial charge in [-0.05, 0) is 104 Å². The Balaban J connectivity index is 1.46. The average molecular weight is 636 g/mol. The number of hydrogen-bond donors (Lipinski definition) is 0. The van der Waals surface area contributed by atoms with Crippen molar-refractivity contribution in [3.05, 3.63) is 173 Å². The summed E-state index contributed by atoms with van der Waals surface area (Å²) in [6.45, 7) is 13.5. The summed E-state index contributed by atoms with van der Waals surface area (Å²) in [6.07, 6.45) is 5.79. The van der Waals surface area contributed by atoms with Crippen molar-refractivity contribution in [2.75, 3.05) is 0 Å². The second-order valence-electron chi connectivity index (χ2n) is 15.4. The van der Waals surface area contributed by atoms with Crippen LogP contribution in [0, 0.1) is 0 Å². The molecule has 240 valence electrons. The Labute approximate surface area is 289 Å². The van der Waals surface area contributed by atoms with Crippen molar-refractivity contribution in [3.8, 4) is 33.6 Å². The minimum atomic E-state index is -0.604. The molecule has 1 aliphatic rings. The van der Waals surface area contributed by atoms with E-state index in [1.165, 1.54) is 44.5 Å². The van der Waals surface area contributed by atoms with Gasteiger partial charge in [-0.25, -0.2) is 0 Å². The molecule has 0 bridgehead atoms. The van der Waals surface area contributed by atoms with Crippen LogP contribution in [-0.4, -0.2) is 15.0 Å². The fourth-order valence-electron chi connectivity index (χ4n) is 7.65. The number of nitrogens with zero attached hydrogens (tertiary/aromatic N) is 3. The molecule has 0 saturated heterocycles. The molecule has 0 amide bonds. The summed E-state index contributed by atoms with van der Waals surface area (Å²) in [4.78, 5) is 14.8. The van der Waals surface area contributed by atoms with E-state index >= 15 is 0 Å². The molecule has 3 heteroatoms. The highest BCUT2D eigenvalue weighted by molar-refractivity contribution is 5.96. The van der Waals surface area contributed by atoms with Gasteiger partial charge in [0.1, 0.15) is 0 Å². The lowest BCUT2D eigenvalue weighted by Gasteiger charge is -2.34. The van der Waals surface area contributed by atoms with Gasteiger partial charge in [0.05, 0.1) is 22.3 Å². The molecule has 0 radical (unpaired) electrons. The van der Waals surface area contributed by atoms with Crippen LogP contribution in [0.25, 0.3) is 44.5 Å². The van der Waals surface area contributed by atoms with Crippen molar-refractivity contribution in [1.29, 1.82) is 0 Å². The molecule has 0 saturated carbocycles. The highest BCUT2D eigenvalue weighted by Gasteiger charge is 2.46. The van der Waals surface area contributed by atoms with Gasteiger partial charge in [0.2, 0.25) is 0 Å². The van der Waals surface area contributed by atoms with Gasteiger partial charge in [0.25, 0.3) is 0 Å². The van der Waals surface area contributed by atoms with Gasteiger partial charge in [0, 0.05) is 35.1 Å². The quantitative estimate of drug-likeness (QED) is 0.193. The predicted molar refractivity (Wildman–Crippen MR) is 203 cm³/mol. The fourth-order valence-corrected chi connectivity index (χ4v) is 7.65. The number of rotatable bonds is 4. The summed E-state index contributed by atoms with van der Waals surface area (Å²) in [5.41, 5.74) is 14.4. The van der Waals surface area contributed by atoms with Crippen LogP contribution in [0.2, 0.25) is 0 Å². The van der Waals surface area contributed by atoms with Crippen molar-refractivity contribution >= 4 is 10.9 Å². The maximum Gasteiger partial charge on any atom is 0.0714 e. The molecular formula is C46H41N3. The Morgan fingerprint density at radius 3 is 1.71 bits per heavy atom. The summed E-state index contributed by atoms with van der Waals surface area (Å²) in [6, 6.07) is 44.5. The Morgan fingerprint density at radius 1 is 0.449 bits per heavy atom. The van der Waals surface area contributed by atoms with Crippen LogP contribution in [0.4, 0.5) is 0 Å². The molecule has 3 heterocycles. The minimum Gasteiger partial charge on any atom is -0.256 e. The minimum absolute atomic E-state index is 0.00726. The molecule has 1 aliphatic carbocycles. The largest absolute Gasteiger partial charge is 0.256 e. The van der Waals surface area contributed by atoms with Gasteiger partial charge in [-0.15, -0.1) is 0 Å². The zero-order valence-corrected chi connectivity index (χ0v) is 29.1. The lowest BCUT2D eigenvalue weighted by Crippen LogP contribution is -2.29. The third kappa shape index (κ3) is 5.07. The predicted octanol–water partition coefficient (Wildman–Crippen LogP) is 11.3. The first kappa shape index (κ1) is 30.9. The average Bonchev–Trinajstić information content (AvgIpc) is 3.42. The maximum absolute atomic E-state index is 4.97. The topological polar surface area (TPSA) is 38.7 Å². The van der Waals surface area contributed by atoms with Gasteiger partial charge >= 0.3 is 0 Å². The summed E-state index contributed by atoms with van der Waals surface area (Å²) < 4.78 is 0. The Kier molecular flexibility index (Phi) is 7.15. The van der Waals surface area contributed by atoms with Crippen LogP contribution in [0.15, 0.2) is 140 Å². The lowest BCUT2D eigenvalue weighted by atomic mass is 9.67. The fraction of sp³-hybridized carbons (Fsp3) is 0.196. The van der Waals surface area contributed by atoms with Crippen molar-refractivity contribution in [2.45, 2.75) is 57.8 Å². The van der Waals surface area contributed by atoms with Crippen LogP contribution < -0.4 is 0 Å². The maximum atomic E-state index is 4.97. The van der Waals surface area contributed by atoms with E-state index in [-0.39, 0.29) is 10.8 Å². The van der Waals surface area contributed by atoms with Crippen LogP contribution in [0.1, 0.15) is 74.9 Å². The monoisotopic (exact) mass is 635 g/mol. The van der Waals surface area contributed by atoms with Crippen LogP contribution in [-0.2, 0) is 16.2 Å². The standard InChI is InChI=1S/C46H41N3/c1-44(2,3)31-20-23-48-41(27-31)30-13-11-14-33(25-30)46(39-18-9-7-15-35(39)36-16-8-10-19-40(36)46)34-26-38(37-17-12-22-47-42(37)29-34)43-28-32(21-24-49-43)45(4,5)6/h7-29H,1-6H3. The van der Waals surface area contributed by atoms with E-state index in [4.69, 9.17) is 15.0 Å². The van der Waals surface area contributed by atoms with Crippen molar-refractivity contribution in [3.63, 3.8) is 0 Å². The number of aromatic nitrogens is 3. The molecule has 3 aromatic heterocycles. The third-order valence-corrected chi connectivity index (χ3v) is 10.2. The van der Waals surface area contributed by atoms with E-state index in [1.807, 2.05) is 24.7 Å². The highest BCUT2D eigenvalue weighted by atomic mass is 14.7. The van der Waals surface area contributed by atoms with Gasteiger partial charge in [-0.2, -0.15) is 0 Å². The molecule has 0 fully saturated rings. The first-order valence-corrected chi connectivity index (χ1v) is 17.2. The van der Waals surface area contributed by atoms with E-state index in [2.05, 4.69) is 157 Å². The molecule has 7 aromatic rings. The SMILES string of the molecule is CC(C)(C)c1ccnc(-c2cccc(C3(c4cc(-c5cc(C(C)(C)C)ccn5)c5cccnc5c4)c4ccccc4-c4ccccc43)c2)c1. The van der Waals surface area contributed by atoms with Gasteiger partial charge in [-0.1, -0.05) is 114 Å².